The molecule has 1 fully saturated rings. The van der Waals surface area contributed by atoms with Crippen molar-refractivity contribution in [2.24, 2.45) is 0 Å². The predicted octanol–water partition coefficient (Wildman–Crippen LogP) is 2.64. The number of H-pyrrole nitrogens is 1. The second kappa shape index (κ2) is 7.02. The van der Waals surface area contributed by atoms with Crippen molar-refractivity contribution in [1.29, 1.82) is 0 Å². The summed E-state index contributed by atoms with van der Waals surface area (Å²) in [5, 5.41) is 4.84. The fourth-order valence-electron chi connectivity index (χ4n) is 4.11. The normalized spacial score (nSPS) is 17.0. The SMILES string of the molecule is CC1CN(c2cc3c(cc2F)c(=O)c2c(=O)[nH]oc2n3-c2ccc(F)cc2F)CCN1. The number of hydrogen-bond acceptors (Lipinski definition) is 5. The number of benzene rings is 2. The van der Waals surface area contributed by atoms with Gasteiger partial charge in [-0.05, 0) is 31.2 Å². The van der Waals surface area contributed by atoms with Crippen LogP contribution < -0.4 is 21.2 Å². The Kier molecular flexibility index (Phi) is 4.40. The Labute approximate surface area is 172 Å². The lowest BCUT2D eigenvalue weighted by molar-refractivity contribution is 0.436. The number of piperazine rings is 1. The molecule has 0 spiro atoms. The monoisotopic (exact) mass is 430 g/mol. The Morgan fingerprint density at radius 1 is 1.06 bits per heavy atom. The van der Waals surface area contributed by atoms with Gasteiger partial charge < -0.3 is 14.7 Å². The van der Waals surface area contributed by atoms with E-state index in [-0.39, 0.29) is 39.4 Å². The Bertz CT molecular complexity index is 1460. The van der Waals surface area contributed by atoms with Crippen LogP contribution in [-0.4, -0.2) is 35.4 Å². The van der Waals surface area contributed by atoms with Gasteiger partial charge in [0.1, 0.15) is 17.5 Å². The molecular formula is C21H17F3N4O3. The minimum atomic E-state index is -0.934. The van der Waals surface area contributed by atoms with Gasteiger partial charge in [0, 0.05) is 31.7 Å². The molecule has 1 unspecified atom stereocenters. The summed E-state index contributed by atoms with van der Waals surface area (Å²) in [7, 11) is 0. The molecule has 0 bridgehead atoms. The van der Waals surface area contributed by atoms with Crippen molar-refractivity contribution in [3.05, 3.63) is 68.4 Å². The van der Waals surface area contributed by atoms with Gasteiger partial charge in [0.25, 0.3) is 5.56 Å². The van der Waals surface area contributed by atoms with E-state index in [1.807, 2.05) is 11.8 Å². The number of anilines is 1. The standard InChI is InChI=1S/C21H17F3N4O3/c1-10-9-27(5-4-25-10)17-8-16-12(7-14(17)24)19(29)18-20(30)26-31-21(18)28(16)15-3-2-11(22)6-13(15)23/h2-3,6-8,10,25H,4-5,9H2,1H3,(H,26,30). The molecule has 1 aliphatic rings. The average molecular weight is 430 g/mol. The second-order valence-electron chi connectivity index (χ2n) is 7.60. The highest BCUT2D eigenvalue weighted by atomic mass is 19.1. The first kappa shape index (κ1) is 19.4. The molecule has 2 N–H and O–H groups in total. The molecule has 0 aliphatic carbocycles. The summed E-state index contributed by atoms with van der Waals surface area (Å²) in [5.74, 6) is -2.36. The minimum absolute atomic E-state index is 0.116. The maximum atomic E-state index is 15.1. The van der Waals surface area contributed by atoms with E-state index in [2.05, 4.69) is 10.5 Å². The van der Waals surface area contributed by atoms with Crippen LogP contribution in [0, 0.1) is 17.5 Å². The van der Waals surface area contributed by atoms with Crippen molar-refractivity contribution in [2.75, 3.05) is 24.5 Å². The van der Waals surface area contributed by atoms with E-state index < -0.39 is 28.4 Å². The van der Waals surface area contributed by atoms with Crippen LogP contribution in [0.15, 0.2) is 44.4 Å². The molecule has 2 aromatic heterocycles. The largest absolute Gasteiger partial charge is 0.366 e. The highest BCUT2D eigenvalue weighted by Crippen LogP contribution is 2.30. The van der Waals surface area contributed by atoms with Crippen molar-refractivity contribution in [3.63, 3.8) is 0 Å². The maximum Gasteiger partial charge on any atom is 0.293 e. The summed E-state index contributed by atoms with van der Waals surface area (Å²) < 4.78 is 49.7. The Morgan fingerprint density at radius 3 is 2.58 bits per heavy atom. The molecule has 5 rings (SSSR count). The Balaban J connectivity index is 1.90. The second-order valence-corrected chi connectivity index (χ2v) is 7.60. The molecule has 4 aromatic rings. The first-order valence-electron chi connectivity index (χ1n) is 9.68. The molecule has 1 saturated heterocycles. The summed E-state index contributed by atoms with van der Waals surface area (Å²) in [6.45, 7) is 3.67. The maximum absolute atomic E-state index is 15.1. The number of pyridine rings is 1. The van der Waals surface area contributed by atoms with Crippen LogP contribution >= 0.6 is 0 Å². The van der Waals surface area contributed by atoms with Gasteiger partial charge in [-0.1, -0.05) is 0 Å². The van der Waals surface area contributed by atoms with Crippen LogP contribution in [0.4, 0.5) is 18.9 Å². The van der Waals surface area contributed by atoms with Crippen molar-refractivity contribution in [2.45, 2.75) is 13.0 Å². The molecule has 1 atom stereocenters. The number of rotatable bonds is 2. The number of hydrogen-bond donors (Lipinski definition) is 2. The van der Waals surface area contributed by atoms with Crippen LogP contribution in [0.5, 0.6) is 0 Å². The molecule has 0 radical (unpaired) electrons. The molecular weight excluding hydrogens is 413 g/mol. The first-order chi connectivity index (χ1) is 14.8. The zero-order valence-corrected chi connectivity index (χ0v) is 16.3. The summed E-state index contributed by atoms with van der Waals surface area (Å²) in [5.41, 5.74) is -1.58. The van der Waals surface area contributed by atoms with Crippen LogP contribution in [0.2, 0.25) is 0 Å². The van der Waals surface area contributed by atoms with Gasteiger partial charge in [0.15, 0.2) is 5.39 Å². The number of fused-ring (bicyclic) bond motifs is 2. The van der Waals surface area contributed by atoms with Gasteiger partial charge in [0.05, 0.1) is 22.3 Å². The average Bonchev–Trinajstić information content (AvgIpc) is 3.11. The topological polar surface area (TPSA) is 83.3 Å². The van der Waals surface area contributed by atoms with E-state index in [4.69, 9.17) is 4.52 Å². The molecule has 31 heavy (non-hydrogen) atoms. The Hall–Kier alpha value is -3.53. The lowest BCUT2D eigenvalue weighted by atomic mass is 10.1. The predicted molar refractivity (Wildman–Crippen MR) is 109 cm³/mol. The van der Waals surface area contributed by atoms with Gasteiger partial charge in [-0.25, -0.2) is 13.2 Å². The van der Waals surface area contributed by atoms with E-state index >= 15 is 4.39 Å². The zero-order chi connectivity index (χ0) is 21.9. The fraction of sp³-hybridized carbons (Fsp3) is 0.238. The molecule has 7 nitrogen and oxygen atoms in total. The van der Waals surface area contributed by atoms with Gasteiger partial charge in [-0.15, -0.1) is 0 Å². The van der Waals surface area contributed by atoms with Gasteiger partial charge in [0.2, 0.25) is 11.1 Å². The smallest absolute Gasteiger partial charge is 0.293 e. The Morgan fingerprint density at radius 2 is 1.84 bits per heavy atom. The number of aromatic amines is 1. The molecule has 2 aromatic carbocycles. The summed E-state index contributed by atoms with van der Waals surface area (Å²) in [6, 6.07) is 5.48. The van der Waals surface area contributed by atoms with E-state index in [0.717, 1.165) is 18.2 Å². The van der Waals surface area contributed by atoms with Crippen LogP contribution in [0.1, 0.15) is 6.92 Å². The van der Waals surface area contributed by atoms with Crippen molar-refractivity contribution >= 4 is 27.7 Å². The number of aromatic nitrogens is 2. The molecule has 160 valence electrons. The van der Waals surface area contributed by atoms with Crippen molar-refractivity contribution < 1.29 is 17.7 Å². The number of halogens is 3. The molecule has 1 aliphatic heterocycles. The van der Waals surface area contributed by atoms with Gasteiger partial charge in [-0.2, -0.15) is 5.16 Å². The first-order valence-corrected chi connectivity index (χ1v) is 9.68. The minimum Gasteiger partial charge on any atom is -0.366 e. The highest BCUT2D eigenvalue weighted by molar-refractivity contribution is 5.94. The zero-order valence-electron chi connectivity index (χ0n) is 16.3. The third kappa shape index (κ3) is 3.02. The molecule has 0 saturated carbocycles. The fourth-order valence-corrected chi connectivity index (χ4v) is 4.11. The van der Waals surface area contributed by atoms with Crippen LogP contribution in [0.3, 0.4) is 0 Å². The van der Waals surface area contributed by atoms with Crippen molar-refractivity contribution in [1.82, 2.24) is 15.0 Å². The van der Waals surface area contributed by atoms with Crippen LogP contribution in [0.25, 0.3) is 27.7 Å². The summed E-state index contributed by atoms with van der Waals surface area (Å²) in [4.78, 5) is 26.9. The third-order valence-corrected chi connectivity index (χ3v) is 5.52. The van der Waals surface area contributed by atoms with Gasteiger partial charge >= 0.3 is 0 Å². The van der Waals surface area contributed by atoms with Crippen molar-refractivity contribution in [3.8, 4) is 5.69 Å². The third-order valence-electron chi connectivity index (χ3n) is 5.52. The highest BCUT2D eigenvalue weighted by Gasteiger charge is 2.25. The summed E-state index contributed by atoms with van der Waals surface area (Å²) >= 11 is 0. The molecule has 3 heterocycles. The lowest BCUT2D eigenvalue weighted by Crippen LogP contribution is -2.49. The van der Waals surface area contributed by atoms with Gasteiger partial charge in [-0.3, -0.25) is 14.2 Å². The van der Waals surface area contributed by atoms with E-state index in [1.165, 1.54) is 10.6 Å². The van der Waals surface area contributed by atoms with E-state index in [9.17, 15) is 18.4 Å². The van der Waals surface area contributed by atoms with Crippen LogP contribution in [-0.2, 0) is 0 Å². The molecule has 0 amide bonds. The number of nitrogens with zero attached hydrogens (tertiary/aromatic N) is 2. The number of nitrogens with one attached hydrogen (secondary N) is 2. The van der Waals surface area contributed by atoms with E-state index in [0.29, 0.717) is 25.7 Å². The molecule has 10 heteroatoms. The quantitative estimate of drug-likeness (QED) is 0.511. The summed E-state index contributed by atoms with van der Waals surface area (Å²) in [6.07, 6.45) is 0. The lowest BCUT2D eigenvalue weighted by Gasteiger charge is -2.34. The van der Waals surface area contributed by atoms with E-state index in [1.54, 1.807) is 0 Å².